The number of likely N-dealkylation sites (tertiary alicyclic amines) is 1. The Hall–Kier alpha value is 0.450. The summed E-state index contributed by atoms with van der Waals surface area (Å²) in [4.78, 5) is 12.8. The van der Waals surface area contributed by atoms with Crippen LogP contribution in [0.1, 0.15) is 12.8 Å². The highest BCUT2D eigenvalue weighted by molar-refractivity contribution is 14.1. The standard InChI is InChI=1S/C7H12INO2.ClH/c8-5-9-3-1-6(2-4-9)7(10)11;/h6H,1-5H2,(H,10,11);1H. The zero-order valence-electron chi connectivity index (χ0n) is 6.70. The zero-order chi connectivity index (χ0) is 8.27. The van der Waals surface area contributed by atoms with Crippen molar-refractivity contribution in [3.8, 4) is 0 Å². The molecular formula is C7H13ClINO2. The number of hydrogen-bond donors (Lipinski definition) is 1. The zero-order valence-corrected chi connectivity index (χ0v) is 9.68. The van der Waals surface area contributed by atoms with Gasteiger partial charge in [0.25, 0.3) is 0 Å². The summed E-state index contributed by atoms with van der Waals surface area (Å²) in [5, 5.41) is 8.68. The van der Waals surface area contributed by atoms with Gasteiger partial charge in [-0.25, -0.2) is 0 Å². The maximum Gasteiger partial charge on any atom is 0.306 e. The smallest absolute Gasteiger partial charge is 0.306 e. The lowest BCUT2D eigenvalue weighted by Gasteiger charge is -2.27. The molecule has 0 bridgehead atoms. The summed E-state index contributed by atoms with van der Waals surface area (Å²) in [7, 11) is 0. The second kappa shape index (κ2) is 5.99. The number of alkyl halides is 1. The third kappa shape index (κ3) is 3.45. The van der Waals surface area contributed by atoms with Crippen LogP contribution < -0.4 is 0 Å². The molecule has 1 heterocycles. The molecule has 0 amide bonds. The van der Waals surface area contributed by atoms with Crippen molar-refractivity contribution in [2.24, 2.45) is 5.92 Å². The Balaban J connectivity index is 0.00000121. The van der Waals surface area contributed by atoms with E-state index in [1.807, 2.05) is 0 Å². The highest BCUT2D eigenvalue weighted by atomic mass is 127. The Labute approximate surface area is 92.1 Å². The molecule has 0 aliphatic carbocycles. The third-order valence-electron chi connectivity index (χ3n) is 2.11. The van der Waals surface area contributed by atoms with Gasteiger partial charge in [-0.2, -0.15) is 0 Å². The van der Waals surface area contributed by atoms with E-state index in [2.05, 4.69) is 27.5 Å². The number of halogens is 2. The third-order valence-corrected chi connectivity index (χ3v) is 3.07. The summed E-state index contributed by atoms with van der Waals surface area (Å²) in [6, 6.07) is 0. The Kier molecular flexibility index (Phi) is 6.21. The van der Waals surface area contributed by atoms with Gasteiger partial charge in [-0.15, -0.1) is 12.4 Å². The topological polar surface area (TPSA) is 40.5 Å². The molecule has 5 heteroatoms. The summed E-state index contributed by atoms with van der Waals surface area (Å²) in [5.41, 5.74) is 0. The van der Waals surface area contributed by atoms with Gasteiger partial charge in [0.05, 0.1) is 10.5 Å². The van der Waals surface area contributed by atoms with Gasteiger partial charge >= 0.3 is 5.97 Å². The van der Waals surface area contributed by atoms with Gasteiger partial charge in [0, 0.05) is 0 Å². The number of carbonyl (C=O) groups is 1. The molecule has 0 atom stereocenters. The van der Waals surface area contributed by atoms with Gasteiger partial charge in [-0.05, 0) is 25.9 Å². The second-order valence-electron chi connectivity index (χ2n) is 2.85. The number of aliphatic carboxylic acids is 1. The van der Waals surface area contributed by atoms with E-state index in [9.17, 15) is 4.79 Å². The van der Waals surface area contributed by atoms with E-state index in [4.69, 9.17) is 5.11 Å². The molecule has 12 heavy (non-hydrogen) atoms. The number of piperidine rings is 1. The lowest BCUT2D eigenvalue weighted by Crippen LogP contribution is -2.35. The predicted molar refractivity (Wildman–Crippen MR) is 58.1 cm³/mol. The number of carboxylic acids is 1. The average molecular weight is 306 g/mol. The van der Waals surface area contributed by atoms with Crippen LogP contribution in [0.25, 0.3) is 0 Å². The van der Waals surface area contributed by atoms with Crippen LogP contribution in [0.2, 0.25) is 0 Å². The maximum absolute atomic E-state index is 10.5. The van der Waals surface area contributed by atoms with E-state index in [-0.39, 0.29) is 18.3 Å². The van der Waals surface area contributed by atoms with Crippen molar-refractivity contribution in [1.29, 1.82) is 0 Å². The fourth-order valence-corrected chi connectivity index (χ4v) is 1.98. The molecule has 0 unspecified atom stereocenters. The van der Waals surface area contributed by atoms with Crippen molar-refractivity contribution in [1.82, 2.24) is 4.90 Å². The highest BCUT2D eigenvalue weighted by Gasteiger charge is 2.23. The molecule has 1 aliphatic rings. The molecular weight excluding hydrogens is 292 g/mol. The minimum Gasteiger partial charge on any atom is -0.481 e. The van der Waals surface area contributed by atoms with Crippen LogP contribution in [-0.4, -0.2) is 33.6 Å². The Morgan fingerprint density at radius 3 is 2.33 bits per heavy atom. The first-order chi connectivity index (χ1) is 5.24. The molecule has 0 spiro atoms. The Bertz CT molecular complexity index is 148. The van der Waals surface area contributed by atoms with Gasteiger partial charge in [0.1, 0.15) is 0 Å². The van der Waals surface area contributed by atoms with E-state index in [1.165, 1.54) is 0 Å². The van der Waals surface area contributed by atoms with Crippen LogP contribution in [0, 0.1) is 5.92 Å². The molecule has 0 aromatic heterocycles. The van der Waals surface area contributed by atoms with Crippen molar-refractivity contribution in [2.45, 2.75) is 12.8 Å². The van der Waals surface area contributed by atoms with E-state index in [1.54, 1.807) is 0 Å². The molecule has 1 aliphatic heterocycles. The van der Waals surface area contributed by atoms with Crippen LogP contribution in [0.3, 0.4) is 0 Å². The molecule has 1 N–H and O–H groups in total. The highest BCUT2D eigenvalue weighted by Crippen LogP contribution is 2.17. The number of rotatable bonds is 2. The molecule has 1 rings (SSSR count). The molecule has 1 saturated heterocycles. The first-order valence-corrected chi connectivity index (χ1v) is 5.27. The second-order valence-corrected chi connectivity index (χ2v) is 3.53. The van der Waals surface area contributed by atoms with E-state index >= 15 is 0 Å². The minimum absolute atomic E-state index is 0. The van der Waals surface area contributed by atoms with E-state index < -0.39 is 5.97 Å². The first kappa shape index (κ1) is 12.4. The Morgan fingerprint density at radius 2 is 2.00 bits per heavy atom. The van der Waals surface area contributed by atoms with Crippen molar-refractivity contribution in [2.75, 3.05) is 17.6 Å². The van der Waals surface area contributed by atoms with Gasteiger partial charge in [0.15, 0.2) is 0 Å². The fourth-order valence-electron chi connectivity index (χ4n) is 1.30. The lowest BCUT2D eigenvalue weighted by atomic mass is 9.98. The summed E-state index contributed by atoms with van der Waals surface area (Å²) < 4.78 is 1.02. The Morgan fingerprint density at radius 1 is 1.50 bits per heavy atom. The van der Waals surface area contributed by atoms with Crippen molar-refractivity contribution >= 4 is 41.0 Å². The average Bonchev–Trinajstić information content (AvgIpc) is 2.05. The number of nitrogens with zero attached hydrogens (tertiary/aromatic N) is 1. The van der Waals surface area contributed by atoms with Crippen LogP contribution in [0.4, 0.5) is 0 Å². The van der Waals surface area contributed by atoms with Crippen LogP contribution in [0.5, 0.6) is 0 Å². The monoisotopic (exact) mass is 305 g/mol. The lowest BCUT2D eigenvalue weighted by molar-refractivity contribution is -0.143. The summed E-state index contributed by atoms with van der Waals surface area (Å²) in [6.07, 6.45) is 1.64. The fraction of sp³-hybridized carbons (Fsp3) is 0.857. The van der Waals surface area contributed by atoms with Crippen LogP contribution in [-0.2, 0) is 4.79 Å². The van der Waals surface area contributed by atoms with Gasteiger partial charge < -0.3 is 5.11 Å². The summed E-state index contributed by atoms with van der Waals surface area (Å²) in [5.74, 6) is -0.715. The van der Waals surface area contributed by atoms with Gasteiger partial charge in [-0.3, -0.25) is 9.69 Å². The van der Waals surface area contributed by atoms with E-state index in [0.29, 0.717) is 0 Å². The molecule has 3 nitrogen and oxygen atoms in total. The number of hydrogen-bond acceptors (Lipinski definition) is 2. The summed E-state index contributed by atoms with van der Waals surface area (Å²) in [6.45, 7) is 1.89. The van der Waals surface area contributed by atoms with Crippen LogP contribution >= 0.6 is 35.0 Å². The molecule has 1 fully saturated rings. The van der Waals surface area contributed by atoms with Gasteiger partial charge in [-0.1, -0.05) is 22.6 Å². The normalized spacial score (nSPS) is 20.1. The molecule has 0 aromatic carbocycles. The SMILES string of the molecule is Cl.O=C(O)C1CCN(CI)CC1. The molecule has 72 valence electrons. The van der Waals surface area contributed by atoms with Gasteiger partial charge in [0.2, 0.25) is 0 Å². The van der Waals surface area contributed by atoms with Crippen molar-refractivity contribution < 1.29 is 9.90 Å². The quantitative estimate of drug-likeness (QED) is 0.478. The maximum atomic E-state index is 10.5. The molecule has 0 saturated carbocycles. The predicted octanol–water partition coefficient (Wildman–Crippen LogP) is 1.60. The molecule has 0 radical (unpaired) electrons. The number of carboxylic acid groups (broad SMARTS) is 1. The van der Waals surface area contributed by atoms with E-state index in [0.717, 1.165) is 30.5 Å². The minimum atomic E-state index is -0.627. The first-order valence-electron chi connectivity index (χ1n) is 3.75. The van der Waals surface area contributed by atoms with Crippen molar-refractivity contribution in [3.05, 3.63) is 0 Å². The summed E-state index contributed by atoms with van der Waals surface area (Å²) >= 11 is 2.31. The van der Waals surface area contributed by atoms with Crippen molar-refractivity contribution in [3.63, 3.8) is 0 Å². The largest absolute Gasteiger partial charge is 0.481 e. The van der Waals surface area contributed by atoms with Crippen LogP contribution in [0.15, 0.2) is 0 Å². The molecule has 0 aromatic rings.